The molecule has 0 saturated carbocycles. The third-order valence-corrected chi connectivity index (χ3v) is 4.59. The Kier molecular flexibility index (Phi) is 8.68. The fourth-order valence-corrected chi connectivity index (χ4v) is 3.11. The quantitative estimate of drug-likeness (QED) is 0.677. The SMILES string of the molecule is CN(CCc1ccccc1)C[C@@H](O)[C@@H](Cc1ccccc1)NC(=O)OC(C)(C)C. The number of nitrogens with one attached hydrogen (secondary N) is 1. The summed E-state index contributed by atoms with van der Waals surface area (Å²) in [5.74, 6) is 0. The first-order valence-corrected chi connectivity index (χ1v) is 10.2. The third kappa shape index (κ3) is 9.11. The van der Waals surface area contributed by atoms with Crippen molar-refractivity contribution in [1.29, 1.82) is 0 Å². The number of amides is 1. The Bertz CT molecular complexity index is 729. The van der Waals surface area contributed by atoms with Gasteiger partial charge in [-0.3, -0.25) is 0 Å². The number of ether oxygens (including phenoxy) is 1. The van der Waals surface area contributed by atoms with Crippen LogP contribution in [0.15, 0.2) is 60.7 Å². The van der Waals surface area contributed by atoms with E-state index in [0.717, 1.165) is 18.5 Å². The van der Waals surface area contributed by atoms with Gasteiger partial charge in [0.05, 0.1) is 12.1 Å². The molecule has 158 valence electrons. The molecule has 1 amide bonds. The minimum atomic E-state index is -0.719. The Labute approximate surface area is 174 Å². The number of carbonyl (C=O) groups is 1. The van der Waals surface area contributed by atoms with Gasteiger partial charge in [0.15, 0.2) is 0 Å². The van der Waals surface area contributed by atoms with Gasteiger partial charge in [0.25, 0.3) is 0 Å². The van der Waals surface area contributed by atoms with Crippen LogP contribution in [0.5, 0.6) is 0 Å². The van der Waals surface area contributed by atoms with Crippen LogP contribution in [0, 0.1) is 0 Å². The molecule has 2 N–H and O–H groups in total. The van der Waals surface area contributed by atoms with Crippen LogP contribution >= 0.6 is 0 Å². The van der Waals surface area contributed by atoms with Gasteiger partial charge in [-0.05, 0) is 51.8 Å². The van der Waals surface area contributed by atoms with Crippen LogP contribution in [-0.2, 0) is 17.6 Å². The molecule has 0 aliphatic rings. The lowest BCUT2D eigenvalue weighted by Gasteiger charge is -2.29. The van der Waals surface area contributed by atoms with Crippen LogP contribution in [0.3, 0.4) is 0 Å². The molecule has 0 aliphatic heterocycles. The zero-order valence-corrected chi connectivity index (χ0v) is 18.0. The van der Waals surface area contributed by atoms with Crippen molar-refractivity contribution in [1.82, 2.24) is 10.2 Å². The predicted molar refractivity (Wildman–Crippen MR) is 117 cm³/mol. The molecule has 2 rings (SSSR count). The molecule has 0 aromatic heterocycles. The molecular formula is C24H34N2O3. The molecule has 5 nitrogen and oxygen atoms in total. The first kappa shape index (κ1) is 22.9. The molecule has 0 spiro atoms. The van der Waals surface area contributed by atoms with Crippen LogP contribution < -0.4 is 5.32 Å². The zero-order chi connectivity index (χ0) is 21.3. The zero-order valence-electron chi connectivity index (χ0n) is 18.0. The van der Waals surface area contributed by atoms with Crippen molar-refractivity contribution < 1.29 is 14.6 Å². The largest absolute Gasteiger partial charge is 0.444 e. The van der Waals surface area contributed by atoms with Crippen molar-refractivity contribution in [3.63, 3.8) is 0 Å². The van der Waals surface area contributed by atoms with Crippen LogP contribution in [0.2, 0.25) is 0 Å². The number of carbonyl (C=O) groups excluding carboxylic acids is 1. The monoisotopic (exact) mass is 398 g/mol. The maximum Gasteiger partial charge on any atom is 0.407 e. The minimum absolute atomic E-state index is 0.438. The second-order valence-electron chi connectivity index (χ2n) is 8.51. The Morgan fingerprint density at radius 1 is 1.03 bits per heavy atom. The van der Waals surface area contributed by atoms with E-state index in [2.05, 4.69) is 22.3 Å². The van der Waals surface area contributed by atoms with E-state index in [1.54, 1.807) is 0 Å². The summed E-state index contributed by atoms with van der Waals surface area (Å²) in [5.41, 5.74) is 1.74. The minimum Gasteiger partial charge on any atom is -0.444 e. The third-order valence-electron chi connectivity index (χ3n) is 4.59. The molecule has 29 heavy (non-hydrogen) atoms. The van der Waals surface area contributed by atoms with Crippen LogP contribution in [0.4, 0.5) is 4.79 Å². The molecule has 5 heteroatoms. The Hall–Kier alpha value is -2.37. The Morgan fingerprint density at radius 2 is 1.59 bits per heavy atom. The summed E-state index contributed by atoms with van der Waals surface area (Å²) in [5, 5.41) is 13.7. The first-order chi connectivity index (χ1) is 13.7. The summed E-state index contributed by atoms with van der Waals surface area (Å²) in [6.07, 6.45) is 0.216. The number of nitrogens with zero attached hydrogens (tertiary/aromatic N) is 1. The van der Waals surface area contributed by atoms with Crippen molar-refractivity contribution in [3.8, 4) is 0 Å². The van der Waals surface area contributed by atoms with Crippen LogP contribution in [0.25, 0.3) is 0 Å². The fraction of sp³-hybridized carbons (Fsp3) is 0.458. The van der Waals surface area contributed by atoms with Crippen molar-refractivity contribution >= 4 is 6.09 Å². The lowest BCUT2D eigenvalue weighted by molar-refractivity contribution is 0.0381. The number of likely N-dealkylation sites (N-methyl/N-ethyl adjacent to an activating group) is 1. The summed E-state index contributed by atoms with van der Waals surface area (Å²) >= 11 is 0. The highest BCUT2D eigenvalue weighted by atomic mass is 16.6. The average Bonchev–Trinajstić information content (AvgIpc) is 2.66. The van der Waals surface area contributed by atoms with E-state index in [1.165, 1.54) is 5.56 Å². The molecule has 0 fully saturated rings. The van der Waals surface area contributed by atoms with Crippen molar-refractivity contribution in [2.45, 2.75) is 51.4 Å². The summed E-state index contributed by atoms with van der Waals surface area (Å²) < 4.78 is 5.39. The second kappa shape index (κ2) is 11.0. The van der Waals surface area contributed by atoms with Gasteiger partial charge in [0, 0.05) is 13.1 Å². The summed E-state index contributed by atoms with van der Waals surface area (Å²) in [6, 6.07) is 19.7. The molecule has 0 bridgehead atoms. The average molecular weight is 399 g/mol. The van der Waals surface area contributed by atoms with Crippen molar-refractivity contribution in [2.24, 2.45) is 0 Å². The van der Waals surface area contributed by atoms with Crippen molar-refractivity contribution in [3.05, 3.63) is 71.8 Å². The predicted octanol–water partition coefficient (Wildman–Crippen LogP) is 3.66. The van der Waals surface area contributed by atoms with E-state index in [-0.39, 0.29) is 0 Å². The number of alkyl carbamates (subject to hydrolysis) is 1. The lowest BCUT2D eigenvalue weighted by atomic mass is 10.0. The van der Waals surface area contributed by atoms with Crippen molar-refractivity contribution in [2.75, 3.05) is 20.1 Å². The molecule has 0 aliphatic carbocycles. The molecule has 0 heterocycles. The van der Waals surface area contributed by atoms with Gasteiger partial charge >= 0.3 is 6.09 Å². The van der Waals surface area contributed by atoms with E-state index < -0.39 is 23.8 Å². The first-order valence-electron chi connectivity index (χ1n) is 10.2. The number of aliphatic hydroxyl groups excluding tert-OH is 1. The van der Waals surface area contributed by atoms with Gasteiger partial charge in [0.1, 0.15) is 5.60 Å². The van der Waals surface area contributed by atoms with Gasteiger partial charge < -0.3 is 20.1 Å². The van der Waals surface area contributed by atoms with E-state index in [9.17, 15) is 9.90 Å². The highest BCUT2D eigenvalue weighted by Gasteiger charge is 2.25. The van der Waals surface area contributed by atoms with Crippen LogP contribution in [0.1, 0.15) is 31.9 Å². The second-order valence-corrected chi connectivity index (χ2v) is 8.51. The summed E-state index contributed by atoms with van der Waals surface area (Å²) in [6.45, 7) is 6.76. The Balaban J connectivity index is 1.96. The summed E-state index contributed by atoms with van der Waals surface area (Å²) in [7, 11) is 1.99. The standard InChI is InChI=1S/C24H34N2O3/c1-24(2,3)29-23(28)25-21(17-20-13-9-6-10-14-20)22(27)18-26(4)16-15-19-11-7-5-8-12-19/h5-14,21-22,27H,15-18H2,1-4H3,(H,25,28)/t21-,22-/m1/s1. The highest BCUT2D eigenvalue weighted by Crippen LogP contribution is 2.11. The normalized spacial score (nSPS) is 13.7. The van der Waals surface area contributed by atoms with Gasteiger partial charge in [-0.2, -0.15) is 0 Å². The maximum atomic E-state index is 12.3. The number of aliphatic hydroxyl groups is 1. The molecule has 2 aromatic rings. The van der Waals surface area contributed by atoms with Gasteiger partial charge in [-0.15, -0.1) is 0 Å². The van der Waals surface area contributed by atoms with Gasteiger partial charge in [-0.1, -0.05) is 60.7 Å². The number of hydrogen-bond acceptors (Lipinski definition) is 4. The molecular weight excluding hydrogens is 364 g/mol. The topological polar surface area (TPSA) is 61.8 Å². The van der Waals surface area contributed by atoms with E-state index in [4.69, 9.17) is 4.74 Å². The lowest BCUT2D eigenvalue weighted by Crippen LogP contribution is -2.50. The number of benzene rings is 2. The summed E-state index contributed by atoms with van der Waals surface area (Å²) in [4.78, 5) is 14.4. The smallest absolute Gasteiger partial charge is 0.407 e. The van der Waals surface area contributed by atoms with Gasteiger partial charge in [0.2, 0.25) is 0 Å². The Morgan fingerprint density at radius 3 is 2.14 bits per heavy atom. The van der Waals surface area contributed by atoms with E-state index in [1.807, 2.05) is 76.3 Å². The molecule has 0 radical (unpaired) electrons. The van der Waals surface area contributed by atoms with E-state index >= 15 is 0 Å². The number of rotatable bonds is 9. The van der Waals surface area contributed by atoms with Gasteiger partial charge in [-0.25, -0.2) is 4.79 Å². The van der Waals surface area contributed by atoms with E-state index in [0.29, 0.717) is 13.0 Å². The molecule has 0 unspecified atom stereocenters. The molecule has 2 aromatic carbocycles. The van der Waals surface area contributed by atoms with Crippen LogP contribution in [-0.4, -0.2) is 54.0 Å². The maximum absolute atomic E-state index is 12.3. The molecule has 0 saturated heterocycles. The highest BCUT2D eigenvalue weighted by molar-refractivity contribution is 5.68. The molecule has 2 atom stereocenters. The number of hydrogen-bond donors (Lipinski definition) is 2. The fourth-order valence-electron chi connectivity index (χ4n) is 3.11.